The van der Waals surface area contributed by atoms with Crippen LogP contribution in [-0.2, 0) is 11.3 Å². The first-order chi connectivity index (χ1) is 6.58. The first-order valence-corrected chi connectivity index (χ1v) is 5.93. The van der Waals surface area contributed by atoms with E-state index < -0.39 is 5.97 Å². The normalized spacial score (nSPS) is 12.7. The maximum atomic E-state index is 10.4. The van der Waals surface area contributed by atoms with E-state index in [9.17, 15) is 4.79 Å². The van der Waals surface area contributed by atoms with Gasteiger partial charge in [-0.2, -0.15) is 0 Å². The van der Waals surface area contributed by atoms with Crippen LogP contribution >= 0.6 is 27.3 Å². The fourth-order valence-corrected chi connectivity index (χ4v) is 2.46. The van der Waals surface area contributed by atoms with Crippen molar-refractivity contribution in [2.75, 3.05) is 0 Å². The summed E-state index contributed by atoms with van der Waals surface area (Å²) in [7, 11) is 0. The molecule has 1 aromatic rings. The van der Waals surface area contributed by atoms with Crippen molar-refractivity contribution in [1.82, 2.24) is 5.32 Å². The molecule has 0 radical (unpaired) electrons. The molecule has 1 rings (SSSR count). The number of halogens is 1. The van der Waals surface area contributed by atoms with E-state index in [0.717, 1.165) is 11.0 Å². The second-order valence-electron chi connectivity index (χ2n) is 3.11. The minimum absolute atomic E-state index is 0.00776. The van der Waals surface area contributed by atoms with E-state index in [1.807, 2.05) is 18.4 Å². The van der Waals surface area contributed by atoms with Crippen LogP contribution in [0.3, 0.4) is 0 Å². The summed E-state index contributed by atoms with van der Waals surface area (Å²) >= 11 is 5.02. The zero-order valence-electron chi connectivity index (χ0n) is 7.79. The summed E-state index contributed by atoms with van der Waals surface area (Å²) in [6.45, 7) is 2.60. The molecule has 0 saturated heterocycles. The van der Waals surface area contributed by atoms with Gasteiger partial charge in [0.25, 0.3) is 0 Å². The number of carbonyl (C=O) groups is 1. The molecule has 0 amide bonds. The monoisotopic (exact) mass is 277 g/mol. The first-order valence-electron chi connectivity index (χ1n) is 4.26. The Balaban J connectivity index is 2.30. The Kier molecular flexibility index (Phi) is 4.57. The van der Waals surface area contributed by atoms with Crippen molar-refractivity contribution in [2.24, 2.45) is 0 Å². The number of aliphatic carboxylic acids is 1. The Bertz CT molecular complexity index is 314. The first kappa shape index (κ1) is 11.7. The Morgan fingerprint density at radius 1 is 1.79 bits per heavy atom. The van der Waals surface area contributed by atoms with E-state index in [1.54, 1.807) is 11.3 Å². The molecule has 1 atom stereocenters. The predicted molar refractivity (Wildman–Crippen MR) is 60.6 cm³/mol. The van der Waals surface area contributed by atoms with Gasteiger partial charge in [0.2, 0.25) is 0 Å². The van der Waals surface area contributed by atoms with Gasteiger partial charge in [0.15, 0.2) is 0 Å². The van der Waals surface area contributed by atoms with Crippen LogP contribution < -0.4 is 5.32 Å². The molecule has 2 N–H and O–H groups in total. The van der Waals surface area contributed by atoms with Crippen LogP contribution in [0, 0.1) is 0 Å². The van der Waals surface area contributed by atoms with Crippen LogP contribution in [0.5, 0.6) is 0 Å². The maximum Gasteiger partial charge on any atom is 0.304 e. The zero-order chi connectivity index (χ0) is 10.6. The SMILES string of the molecule is CC(CC(=O)O)NCc1cc(Br)cs1. The highest BCUT2D eigenvalue weighted by molar-refractivity contribution is 9.10. The lowest BCUT2D eigenvalue weighted by Crippen LogP contribution is -2.27. The fraction of sp³-hybridized carbons (Fsp3) is 0.444. The standard InChI is InChI=1S/C9H12BrNO2S/c1-6(2-9(12)13)11-4-8-3-7(10)5-14-8/h3,5-6,11H,2,4H2,1H3,(H,12,13). The van der Waals surface area contributed by atoms with Crippen molar-refractivity contribution in [1.29, 1.82) is 0 Å². The minimum atomic E-state index is -0.766. The number of hydrogen-bond acceptors (Lipinski definition) is 3. The molecule has 0 aliphatic carbocycles. The van der Waals surface area contributed by atoms with Gasteiger partial charge in [-0.1, -0.05) is 0 Å². The van der Waals surface area contributed by atoms with Crippen molar-refractivity contribution < 1.29 is 9.90 Å². The second-order valence-corrected chi connectivity index (χ2v) is 5.02. The minimum Gasteiger partial charge on any atom is -0.481 e. The largest absolute Gasteiger partial charge is 0.481 e. The van der Waals surface area contributed by atoms with Gasteiger partial charge in [0, 0.05) is 27.3 Å². The Hall–Kier alpha value is -0.390. The number of carboxylic acid groups (broad SMARTS) is 1. The molecule has 3 nitrogen and oxygen atoms in total. The third-order valence-corrected chi connectivity index (χ3v) is 3.42. The average molecular weight is 278 g/mol. The summed E-state index contributed by atoms with van der Waals surface area (Å²) in [6.07, 6.45) is 0.159. The van der Waals surface area contributed by atoms with Gasteiger partial charge < -0.3 is 10.4 Å². The summed E-state index contributed by atoms with van der Waals surface area (Å²) in [5, 5.41) is 13.7. The maximum absolute atomic E-state index is 10.4. The van der Waals surface area contributed by atoms with Gasteiger partial charge >= 0.3 is 5.97 Å². The van der Waals surface area contributed by atoms with Crippen molar-refractivity contribution >= 4 is 33.2 Å². The Labute approximate surface area is 95.3 Å². The third-order valence-electron chi connectivity index (χ3n) is 1.73. The van der Waals surface area contributed by atoms with Gasteiger partial charge in [-0.3, -0.25) is 4.79 Å². The summed E-state index contributed by atoms with van der Waals surface area (Å²) < 4.78 is 1.07. The van der Waals surface area contributed by atoms with Crippen LogP contribution in [-0.4, -0.2) is 17.1 Å². The highest BCUT2D eigenvalue weighted by atomic mass is 79.9. The van der Waals surface area contributed by atoms with Crippen molar-refractivity contribution in [3.63, 3.8) is 0 Å². The van der Waals surface area contributed by atoms with E-state index >= 15 is 0 Å². The molecule has 0 aliphatic rings. The summed E-state index contributed by atoms with van der Waals surface area (Å²) in [5.41, 5.74) is 0. The molecule has 1 aromatic heterocycles. The van der Waals surface area contributed by atoms with E-state index in [4.69, 9.17) is 5.11 Å². The van der Waals surface area contributed by atoms with Gasteiger partial charge in [0.1, 0.15) is 0 Å². The van der Waals surface area contributed by atoms with Gasteiger partial charge in [-0.15, -0.1) is 11.3 Å². The van der Waals surface area contributed by atoms with E-state index in [1.165, 1.54) is 4.88 Å². The van der Waals surface area contributed by atoms with Crippen molar-refractivity contribution in [3.8, 4) is 0 Å². The topological polar surface area (TPSA) is 49.3 Å². The highest BCUT2D eigenvalue weighted by Crippen LogP contribution is 2.19. The smallest absolute Gasteiger partial charge is 0.304 e. The molecule has 1 heterocycles. The molecular weight excluding hydrogens is 266 g/mol. The zero-order valence-corrected chi connectivity index (χ0v) is 10.2. The number of nitrogens with one attached hydrogen (secondary N) is 1. The molecule has 0 bridgehead atoms. The average Bonchev–Trinajstić information content (AvgIpc) is 2.47. The Morgan fingerprint density at radius 2 is 2.50 bits per heavy atom. The van der Waals surface area contributed by atoms with Crippen LogP contribution in [0.2, 0.25) is 0 Å². The third kappa shape index (κ3) is 4.21. The second kappa shape index (κ2) is 5.48. The highest BCUT2D eigenvalue weighted by Gasteiger charge is 2.06. The van der Waals surface area contributed by atoms with Gasteiger partial charge in [-0.25, -0.2) is 0 Å². The number of thiophene rings is 1. The molecule has 14 heavy (non-hydrogen) atoms. The van der Waals surface area contributed by atoms with Gasteiger partial charge in [0.05, 0.1) is 6.42 Å². The van der Waals surface area contributed by atoms with E-state index in [0.29, 0.717) is 0 Å². The molecule has 5 heteroatoms. The molecule has 0 fully saturated rings. The Morgan fingerprint density at radius 3 is 3.00 bits per heavy atom. The number of carboxylic acids is 1. The van der Waals surface area contributed by atoms with E-state index in [-0.39, 0.29) is 12.5 Å². The fourth-order valence-electron chi connectivity index (χ4n) is 1.06. The van der Waals surface area contributed by atoms with E-state index in [2.05, 4.69) is 21.2 Å². The quantitative estimate of drug-likeness (QED) is 0.869. The molecular formula is C9H12BrNO2S. The van der Waals surface area contributed by atoms with Crippen molar-refractivity contribution in [2.45, 2.75) is 25.9 Å². The molecule has 0 spiro atoms. The van der Waals surface area contributed by atoms with Gasteiger partial charge in [-0.05, 0) is 28.9 Å². The summed E-state index contributed by atoms with van der Waals surface area (Å²) in [5.74, 6) is -0.766. The van der Waals surface area contributed by atoms with Crippen LogP contribution in [0.15, 0.2) is 15.9 Å². The number of hydrogen-bond donors (Lipinski definition) is 2. The molecule has 0 aromatic carbocycles. The van der Waals surface area contributed by atoms with Crippen LogP contribution in [0.4, 0.5) is 0 Å². The lowest BCUT2D eigenvalue weighted by atomic mass is 10.2. The summed E-state index contributed by atoms with van der Waals surface area (Å²) in [6, 6.07) is 2.04. The summed E-state index contributed by atoms with van der Waals surface area (Å²) in [4.78, 5) is 11.6. The molecule has 0 aliphatic heterocycles. The van der Waals surface area contributed by atoms with Crippen LogP contribution in [0.25, 0.3) is 0 Å². The lowest BCUT2D eigenvalue weighted by molar-refractivity contribution is -0.137. The molecule has 78 valence electrons. The van der Waals surface area contributed by atoms with Crippen LogP contribution in [0.1, 0.15) is 18.2 Å². The molecule has 1 unspecified atom stereocenters. The predicted octanol–water partition coefficient (Wildman–Crippen LogP) is 2.46. The van der Waals surface area contributed by atoms with Crippen molar-refractivity contribution in [3.05, 3.63) is 20.8 Å². The molecule has 0 saturated carbocycles. The lowest BCUT2D eigenvalue weighted by Gasteiger charge is -2.09. The number of rotatable bonds is 5.